The summed E-state index contributed by atoms with van der Waals surface area (Å²) in [6, 6.07) is 23.3. The van der Waals surface area contributed by atoms with Gasteiger partial charge in [0.1, 0.15) is 0 Å². The van der Waals surface area contributed by atoms with E-state index >= 15 is 0 Å². The van der Waals surface area contributed by atoms with Gasteiger partial charge in [-0.2, -0.15) is 0 Å². The van der Waals surface area contributed by atoms with E-state index in [0.717, 1.165) is 46.7 Å². The van der Waals surface area contributed by atoms with E-state index in [0.29, 0.717) is 24.2 Å². The van der Waals surface area contributed by atoms with Crippen LogP contribution in [0.4, 0.5) is 11.4 Å². The summed E-state index contributed by atoms with van der Waals surface area (Å²) < 4.78 is 5.69. The first-order chi connectivity index (χ1) is 18.4. The van der Waals surface area contributed by atoms with Crippen molar-refractivity contribution in [3.8, 4) is 11.5 Å². The van der Waals surface area contributed by atoms with E-state index in [1.54, 1.807) is 0 Å². The number of benzene rings is 3. The summed E-state index contributed by atoms with van der Waals surface area (Å²) in [6.45, 7) is 6.87. The Hall–Kier alpha value is -4.11. The molecule has 8 nitrogen and oxygen atoms in total. The van der Waals surface area contributed by atoms with Crippen molar-refractivity contribution in [1.29, 1.82) is 0 Å². The monoisotopic (exact) mass is 527 g/mol. The van der Waals surface area contributed by atoms with E-state index < -0.39 is 0 Å². The van der Waals surface area contributed by atoms with Gasteiger partial charge in [-0.15, -0.1) is 10.2 Å². The first kappa shape index (κ1) is 25.5. The molecular weight excluding hydrogens is 498 g/mol. The zero-order chi connectivity index (χ0) is 26.5. The summed E-state index contributed by atoms with van der Waals surface area (Å²) in [5.74, 6) is 0.523. The molecule has 1 N–H and O–H groups in total. The van der Waals surface area contributed by atoms with Crippen LogP contribution in [0.3, 0.4) is 0 Å². The highest BCUT2D eigenvalue weighted by Gasteiger charge is 2.22. The lowest BCUT2D eigenvalue weighted by molar-refractivity contribution is -0.113. The summed E-state index contributed by atoms with van der Waals surface area (Å²) in [7, 11) is 0. The fraction of sp³-hybridized carbons (Fsp3) is 0.241. The average molecular weight is 528 g/mol. The van der Waals surface area contributed by atoms with Gasteiger partial charge in [-0.3, -0.25) is 9.59 Å². The van der Waals surface area contributed by atoms with Crippen LogP contribution in [0.2, 0.25) is 0 Å². The summed E-state index contributed by atoms with van der Waals surface area (Å²) in [5.41, 5.74) is 5.62. The molecule has 9 heteroatoms. The third kappa shape index (κ3) is 6.23. The van der Waals surface area contributed by atoms with Crippen LogP contribution < -0.4 is 10.2 Å². The van der Waals surface area contributed by atoms with Gasteiger partial charge in [0, 0.05) is 48.7 Å². The first-order valence-corrected chi connectivity index (χ1v) is 13.5. The van der Waals surface area contributed by atoms with Crippen LogP contribution in [0.1, 0.15) is 21.5 Å². The van der Waals surface area contributed by atoms with E-state index in [2.05, 4.69) is 20.4 Å². The lowest BCUT2D eigenvalue weighted by Crippen LogP contribution is -2.48. The van der Waals surface area contributed by atoms with E-state index in [1.807, 2.05) is 91.5 Å². The number of hydrogen-bond donors (Lipinski definition) is 1. The van der Waals surface area contributed by atoms with Crippen molar-refractivity contribution in [3.05, 3.63) is 89.5 Å². The van der Waals surface area contributed by atoms with Crippen molar-refractivity contribution in [3.63, 3.8) is 0 Å². The van der Waals surface area contributed by atoms with Gasteiger partial charge < -0.3 is 19.5 Å². The Morgan fingerprint density at radius 2 is 1.63 bits per heavy atom. The molecule has 0 bridgehead atoms. The lowest BCUT2D eigenvalue weighted by Gasteiger charge is -2.36. The Kier molecular flexibility index (Phi) is 7.74. The second-order valence-electron chi connectivity index (χ2n) is 9.27. The number of rotatable bonds is 7. The Morgan fingerprint density at radius 3 is 2.34 bits per heavy atom. The number of carbonyl (C=O) groups is 2. The largest absolute Gasteiger partial charge is 0.411 e. The molecule has 4 aromatic rings. The van der Waals surface area contributed by atoms with Gasteiger partial charge in [-0.25, -0.2) is 0 Å². The predicted octanol–water partition coefficient (Wildman–Crippen LogP) is 5.05. The van der Waals surface area contributed by atoms with Crippen LogP contribution in [0, 0.1) is 13.8 Å². The van der Waals surface area contributed by atoms with E-state index in [1.165, 1.54) is 11.8 Å². The molecule has 38 heavy (non-hydrogen) atoms. The summed E-state index contributed by atoms with van der Waals surface area (Å²) >= 11 is 1.20. The maximum atomic E-state index is 12.8. The number of nitrogens with one attached hydrogen (secondary N) is 1. The first-order valence-electron chi connectivity index (χ1n) is 12.5. The topological polar surface area (TPSA) is 91.6 Å². The summed E-state index contributed by atoms with van der Waals surface area (Å²) in [5, 5.41) is 11.4. The number of amides is 2. The van der Waals surface area contributed by atoms with Gasteiger partial charge >= 0.3 is 0 Å². The summed E-state index contributed by atoms with van der Waals surface area (Å²) in [6.07, 6.45) is 0. The molecule has 0 spiro atoms. The minimum Gasteiger partial charge on any atom is -0.411 e. The van der Waals surface area contributed by atoms with Crippen LogP contribution in [-0.4, -0.2) is 58.8 Å². The molecule has 0 aliphatic carbocycles. The standard InChI is InChI=1S/C29H29N5O3S/c1-20-6-8-22(9-7-20)28(36)34-16-14-33(15-17-34)25-12-10-24(11-13-25)30-26(35)19-38-29-32-31-27(37-29)23-5-3-4-21(2)18-23/h3-13,18H,14-17,19H2,1-2H3,(H,30,35). The second-order valence-corrected chi connectivity index (χ2v) is 10.2. The zero-order valence-electron chi connectivity index (χ0n) is 21.4. The molecule has 1 aliphatic heterocycles. The quantitative estimate of drug-likeness (QED) is 0.337. The molecule has 1 fully saturated rings. The van der Waals surface area contributed by atoms with Crippen molar-refractivity contribution in [1.82, 2.24) is 15.1 Å². The molecule has 2 heterocycles. The van der Waals surface area contributed by atoms with E-state index in [4.69, 9.17) is 4.42 Å². The molecule has 5 rings (SSSR count). The van der Waals surface area contributed by atoms with Crippen molar-refractivity contribution < 1.29 is 14.0 Å². The van der Waals surface area contributed by atoms with Gasteiger partial charge in [0.25, 0.3) is 11.1 Å². The number of nitrogens with zero attached hydrogens (tertiary/aromatic N) is 4. The Morgan fingerprint density at radius 1 is 0.895 bits per heavy atom. The van der Waals surface area contributed by atoms with E-state index in [9.17, 15) is 9.59 Å². The second kappa shape index (κ2) is 11.5. The van der Waals surface area contributed by atoms with Gasteiger partial charge in [0.05, 0.1) is 5.75 Å². The molecule has 0 atom stereocenters. The third-order valence-electron chi connectivity index (χ3n) is 6.38. The smallest absolute Gasteiger partial charge is 0.277 e. The molecule has 1 saturated heterocycles. The maximum absolute atomic E-state index is 12.8. The fourth-order valence-electron chi connectivity index (χ4n) is 4.29. The van der Waals surface area contributed by atoms with Crippen LogP contribution in [-0.2, 0) is 4.79 Å². The van der Waals surface area contributed by atoms with Crippen molar-refractivity contribution in [2.75, 3.05) is 42.1 Å². The van der Waals surface area contributed by atoms with Gasteiger partial charge in [-0.05, 0) is 62.4 Å². The molecule has 0 saturated carbocycles. The number of thioether (sulfide) groups is 1. The van der Waals surface area contributed by atoms with Crippen molar-refractivity contribution in [2.24, 2.45) is 0 Å². The predicted molar refractivity (Wildman–Crippen MR) is 150 cm³/mol. The highest BCUT2D eigenvalue weighted by Crippen LogP contribution is 2.24. The lowest BCUT2D eigenvalue weighted by atomic mass is 10.1. The van der Waals surface area contributed by atoms with Crippen molar-refractivity contribution in [2.45, 2.75) is 19.1 Å². The molecule has 194 valence electrons. The molecule has 0 radical (unpaired) electrons. The number of aryl methyl sites for hydroxylation is 2. The SMILES string of the molecule is Cc1ccc(C(=O)N2CCN(c3ccc(NC(=O)CSc4nnc(-c5cccc(C)c5)o4)cc3)CC2)cc1. The Bertz CT molecular complexity index is 1410. The average Bonchev–Trinajstić information content (AvgIpc) is 3.42. The Labute approximate surface area is 226 Å². The van der Waals surface area contributed by atoms with Crippen LogP contribution in [0.25, 0.3) is 11.5 Å². The number of aromatic nitrogens is 2. The highest BCUT2D eigenvalue weighted by atomic mass is 32.2. The molecule has 1 aliphatic rings. The molecule has 0 unspecified atom stereocenters. The van der Waals surface area contributed by atoms with Crippen LogP contribution in [0.15, 0.2) is 82.4 Å². The fourth-order valence-corrected chi connectivity index (χ4v) is 4.85. The molecular formula is C29H29N5O3S. The number of piperazine rings is 1. The van der Waals surface area contributed by atoms with Gasteiger partial charge in [-0.1, -0.05) is 47.2 Å². The number of anilines is 2. The highest BCUT2D eigenvalue weighted by molar-refractivity contribution is 7.99. The molecule has 1 aromatic heterocycles. The Balaban J connectivity index is 1.09. The van der Waals surface area contributed by atoms with Crippen molar-refractivity contribution >= 4 is 35.0 Å². The van der Waals surface area contributed by atoms with Crippen LogP contribution >= 0.6 is 11.8 Å². The van der Waals surface area contributed by atoms with E-state index in [-0.39, 0.29) is 17.6 Å². The van der Waals surface area contributed by atoms with Gasteiger partial charge in [0.15, 0.2) is 0 Å². The zero-order valence-corrected chi connectivity index (χ0v) is 22.2. The third-order valence-corrected chi connectivity index (χ3v) is 7.20. The molecule has 2 amide bonds. The number of hydrogen-bond acceptors (Lipinski definition) is 7. The van der Waals surface area contributed by atoms with Gasteiger partial charge in [0.2, 0.25) is 11.8 Å². The minimum atomic E-state index is -0.152. The maximum Gasteiger partial charge on any atom is 0.277 e. The minimum absolute atomic E-state index is 0.0764. The number of carbonyl (C=O) groups excluding carboxylic acids is 2. The summed E-state index contributed by atoms with van der Waals surface area (Å²) in [4.78, 5) is 29.4. The van der Waals surface area contributed by atoms with Crippen LogP contribution in [0.5, 0.6) is 0 Å². The molecule has 3 aromatic carbocycles. The normalized spacial score (nSPS) is 13.4.